The number of esters is 1. The smallest absolute Gasteiger partial charge is 0.342 e. The van der Waals surface area contributed by atoms with E-state index < -0.39 is 5.54 Å². The molecule has 0 radical (unpaired) electrons. The average Bonchev–Trinajstić information content (AvgIpc) is 2.74. The topological polar surface area (TPSA) is 38.7 Å². The summed E-state index contributed by atoms with van der Waals surface area (Å²) in [5.74, 6) is 0.0410. The normalized spacial score (nSPS) is 30.0. The number of carbonyl (C=O) groups excluding carboxylic acids is 1. The molecule has 0 aromatic heterocycles. The summed E-state index contributed by atoms with van der Waals surface area (Å²) in [7, 11) is 0. The van der Waals surface area contributed by atoms with E-state index in [4.69, 9.17) is 16.3 Å². The van der Waals surface area contributed by atoms with Gasteiger partial charge in [-0.2, -0.15) is 0 Å². The van der Waals surface area contributed by atoms with E-state index in [2.05, 4.69) is 4.99 Å². The first-order valence-electron chi connectivity index (χ1n) is 6.29. The third-order valence-corrected chi connectivity index (χ3v) is 4.16. The van der Waals surface area contributed by atoms with Gasteiger partial charge in [0, 0.05) is 12.0 Å². The van der Waals surface area contributed by atoms with Gasteiger partial charge in [0.1, 0.15) is 0 Å². The number of benzene rings is 1. The summed E-state index contributed by atoms with van der Waals surface area (Å²) >= 11 is 6.37. The number of cyclic esters (lactones) is 1. The number of nitrogens with zero attached hydrogens (tertiary/aromatic N) is 1. The van der Waals surface area contributed by atoms with E-state index in [9.17, 15) is 4.79 Å². The lowest BCUT2D eigenvalue weighted by Gasteiger charge is -2.30. The van der Waals surface area contributed by atoms with Gasteiger partial charge >= 0.3 is 5.97 Å². The first-order valence-corrected chi connectivity index (χ1v) is 6.73. The first kappa shape index (κ1) is 12.4. The second-order valence-electron chi connectivity index (χ2n) is 5.02. The number of hydrogen-bond donors (Lipinski definition) is 0. The lowest BCUT2D eigenvalue weighted by Crippen LogP contribution is -2.44. The van der Waals surface area contributed by atoms with Crippen molar-refractivity contribution in [1.82, 2.24) is 0 Å². The SMILES string of the molecule is CC1=CC[C@]2(N=C(c3ccccc3)OC2=O)[C@H](Cl)C1. The van der Waals surface area contributed by atoms with Crippen molar-refractivity contribution in [1.29, 1.82) is 0 Å². The molecule has 1 aliphatic heterocycles. The van der Waals surface area contributed by atoms with E-state index in [0.29, 0.717) is 18.7 Å². The number of alkyl halides is 1. The van der Waals surface area contributed by atoms with Crippen LogP contribution in [-0.4, -0.2) is 22.8 Å². The first-order chi connectivity index (χ1) is 9.12. The zero-order valence-electron chi connectivity index (χ0n) is 10.6. The minimum atomic E-state index is -0.938. The molecular formula is C15H14ClNO2. The highest BCUT2D eigenvalue weighted by Crippen LogP contribution is 2.39. The van der Waals surface area contributed by atoms with E-state index in [0.717, 1.165) is 5.56 Å². The number of aliphatic imine (C=N–C) groups is 1. The molecule has 1 heterocycles. The van der Waals surface area contributed by atoms with Crippen molar-refractivity contribution < 1.29 is 9.53 Å². The molecular weight excluding hydrogens is 262 g/mol. The van der Waals surface area contributed by atoms with Crippen LogP contribution in [0.25, 0.3) is 0 Å². The fraction of sp³-hybridized carbons (Fsp3) is 0.333. The maximum absolute atomic E-state index is 12.2. The van der Waals surface area contributed by atoms with E-state index in [1.807, 2.05) is 43.3 Å². The molecule has 0 saturated heterocycles. The highest BCUT2D eigenvalue weighted by atomic mass is 35.5. The summed E-state index contributed by atoms with van der Waals surface area (Å²) in [6, 6.07) is 9.43. The molecule has 98 valence electrons. The molecule has 3 rings (SSSR count). The number of hydrogen-bond acceptors (Lipinski definition) is 3. The molecule has 2 atom stereocenters. The molecule has 1 aromatic rings. The molecule has 0 saturated carbocycles. The Morgan fingerprint density at radius 1 is 1.37 bits per heavy atom. The van der Waals surface area contributed by atoms with Crippen LogP contribution in [0.15, 0.2) is 47.0 Å². The molecule has 1 spiro atoms. The molecule has 0 fully saturated rings. The average molecular weight is 276 g/mol. The Morgan fingerprint density at radius 3 is 2.79 bits per heavy atom. The number of allylic oxidation sites excluding steroid dienone is 1. The molecule has 0 unspecified atom stereocenters. The Labute approximate surface area is 116 Å². The Morgan fingerprint density at radius 2 is 2.11 bits per heavy atom. The molecule has 1 aliphatic carbocycles. The van der Waals surface area contributed by atoms with Gasteiger partial charge in [-0.15, -0.1) is 11.6 Å². The van der Waals surface area contributed by atoms with E-state index in [1.54, 1.807) is 0 Å². The molecule has 2 aliphatic rings. The van der Waals surface area contributed by atoms with Gasteiger partial charge in [0.05, 0.1) is 5.38 Å². The highest BCUT2D eigenvalue weighted by Gasteiger charge is 2.52. The van der Waals surface area contributed by atoms with Crippen LogP contribution in [0.3, 0.4) is 0 Å². The fourth-order valence-electron chi connectivity index (χ4n) is 2.45. The molecule has 19 heavy (non-hydrogen) atoms. The van der Waals surface area contributed by atoms with Crippen LogP contribution < -0.4 is 0 Å². The van der Waals surface area contributed by atoms with Gasteiger partial charge in [-0.1, -0.05) is 29.8 Å². The quantitative estimate of drug-likeness (QED) is 0.449. The minimum absolute atomic E-state index is 0.338. The predicted molar refractivity (Wildman–Crippen MR) is 74.4 cm³/mol. The Hall–Kier alpha value is -1.61. The van der Waals surface area contributed by atoms with Crippen LogP contribution in [0.1, 0.15) is 25.3 Å². The van der Waals surface area contributed by atoms with Crippen LogP contribution in [0.4, 0.5) is 0 Å². The van der Waals surface area contributed by atoms with Gasteiger partial charge in [0.15, 0.2) is 5.54 Å². The second kappa shape index (κ2) is 4.49. The maximum Gasteiger partial charge on any atom is 0.342 e. The molecule has 0 amide bonds. The van der Waals surface area contributed by atoms with Crippen molar-refractivity contribution >= 4 is 23.5 Å². The van der Waals surface area contributed by atoms with E-state index in [-0.39, 0.29) is 11.3 Å². The summed E-state index contributed by atoms with van der Waals surface area (Å²) in [4.78, 5) is 16.7. The summed E-state index contributed by atoms with van der Waals surface area (Å²) in [5.41, 5.74) is 1.07. The van der Waals surface area contributed by atoms with Crippen molar-refractivity contribution in [2.75, 3.05) is 0 Å². The summed E-state index contributed by atoms with van der Waals surface area (Å²) in [6.45, 7) is 2.02. The van der Waals surface area contributed by atoms with Crippen molar-refractivity contribution in [3.8, 4) is 0 Å². The minimum Gasteiger partial charge on any atom is -0.405 e. The number of carbonyl (C=O) groups is 1. The van der Waals surface area contributed by atoms with Gasteiger partial charge in [0.2, 0.25) is 5.90 Å². The van der Waals surface area contributed by atoms with Crippen molar-refractivity contribution in [3.05, 3.63) is 47.5 Å². The molecule has 4 heteroatoms. The highest BCUT2D eigenvalue weighted by molar-refractivity contribution is 6.25. The lowest BCUT2D eigenvalue weighted by atomic mass is 9.83. The standard InChI is InChI=1S/C15H14ClNO2/c1-10-7-8-15(12(16)9-10)14(18)19-13(17-15)11-5-3-2-4-6-11/h2-7,12H,8-9H2,1H3/t12-,15+/m1/s1. The van der Waals surface area contributed by atoms with Crippen LogP contribution in [-0.2, 0) is 9.53 Å². The third-order valence-electron chi connectivity index (χ3n) is 3.65. The van der Waals surface area contributed by atoms with Gasteiger partial charge in [-0.3, -0.25) is 0 Å². The Bertz CT molecular complexity index is 579. The second-order valence-corrected chi connectivity index (χ2v) is 5.55. The van der Waals surface area contributed by atoms with Gasteiger partial charge in [-0.05, 0) is 25.5 Å². The number of rotatable bonds is 1. The molecule has 3 nitrogen and oxygen atoms in total. The number of halogens is 1. The zero-order valence-corrected chi connectivity index (χ0v) is 11.4. The Kier molecular flexibility index (Phi) is 2.94. The lowest BCUT2D eigenvalue weighted by molar-refractivity contribution is -0.139. The van der Waals surface area contributed by atoms with Crippen molar-refractivity contribution in [2.45, 2.75) is 30.7 Å². The van der Waals surface area contributed by atoms with Crippen molar-refractivity contribution in [2.24, 2.45) is 4.99 Å². The monoisotopic (exact) mass is 275 g/mol. The maximum atomic E-state index is 12.2. The summed E-state index contributed by atoms with van der Waals surface area (Å²) < 4.78 is 5.34. The van der Waals surface area contributed by atoms with Gasteiger partial charge in [-0.25, -0.2) is 9.79 Å². The summed E-state index contributed by atoms with van der Waals surface area (Å²) in [5, 5.41) is -0.341. The fourth-order valence-corrected chi connectivity index (χ4v) is 2.92. The molecule has 1 aromatic carbocycles. The van der Waals surface area contributed by atoms with Crippen LogP contribution in [0, 0.1) is 0 Å². The third kappa shape index (κ3) is 1.98. The molecule has 0 N–H and O–H groups in total. The largest absolute Gasteiger partial charge is 0.405 e. The van der Waals surface area contributed by atoms with Crippen LogP contribution in [0.5, 0.6) is 0 Å². The van der Waals surface area contributed by atoms with Gasteiger partial charge < -0.3 is 4.74 Å². The number of ether oxygens (including phenoxy) is 1. The van der Waals surface area contributed by atoms with E-state index >= 15 is 0 Å². The van der Waals surface area contributed by atoms with Crippen molar-refractivity contribution in [3.63, 3.8) is 0 Å². The van der Waals surface area contributed by atoms with Crippen LogP contribution in [0.2, 0.25) is 0 Å². The van der Waals surface area contributed by atoms with Gasteiger partial charge in [0.25, 0.3) is 0 Å². The predicted octanol–water partition coefficient (Wildman–Crippen LogP) is 3.08. The van der Waals surface area contributed by atoms with Crippen LogP contribution >= 0.6 is 11.6 Å². The summed E-state index contributed by atoms with van der Waals surface area (Å²) in [6.07, 6.45) is 3.21. The molecule has 0 bridgehead atoms. The Balaban J connectivity index is 2.00. The van der Waals surface area contributed by atoms with E-state index in [1.165, 1.54) is 5.57 Å². The zero-order chi connectivity index (χ0) is 13.5.